The number of aliphatic carboxylic acids is 1. The molecule has 0 aliphatic heterocycles. The number of anilines is 2. The van der Waals surface area contributed by atoms with Gasteiger partial charge in [0.2, 0.25) is 0 Å². The van der Waals surface area contributed by atoms with Gasteiger partial charge in [-0.15, -0.1) is 11.3 Å². The van der Waals surface area contributed by atoms with E-state index in [1.165, 1.54) is 4.88 Å². The van der Waals surface area contributed by atoms with Gasteiger partial charge >= 0.3 is 5.97 Å². The summed E-state index contributed by atoms with van der Waals surface area (Å²) in [6, 6.07) is 11.6. The fourth-order valence-corrected chi connectivity index (χ4v) is 3.82. The predicted octanol–water partition coefficient (Wildman–Crippen LogP) is 5.01. The lowest BCUT2D eigenvalue weighted by Crippen LogP contribution is -2.05. The minimum atomic E-state index is -0.831. The summed E-state index contributed by atoms with van der Waals surface area (Å²) < 4.78 is 0. The Balaban J connectivity index is 1.92. The van der Waals surface area contributed by atoms with Crippen molar-refractivity contribution >= 4 is 28.8 Å². The molecule has 0 spiro atoms. The van der Waals surface area contributed by atoms with Crippen LogP contribution in [-0.2, 0) is 24.1 Å². The van der Waals surface area contributed by atoms with E-state index in [4.69, 9.17) is 15.1 Å². The van der Waals surface area contributed by atoms with E-state index in [2.05, 4.69) is 31.3 Å². The monoisotopic (exact) mass is 381 g/mol. The number of benzene rings is 1. The molecule has 5 nitrogen and oxygen atoms in total. The Morgan fingerprint density at radius 1 is 1.07 bits per heavy atom. The van der Waals surface area contributed by atoms with Crippen molar-refractivity contribution < 1.29 is 9.90 Å². The summed E-state index contributed by atoms with van der Waals surface area (Å²) in [7, 11) is 0. The number of aromatic nitrogens is 2. The van der Waals surface area contributed by atoms with Crippen LogP contribution in [0.1, 0.15) is 35.5 Å². The number of carbonyl (C=O) groups is 1. The first-order valence-corrected chi connectivity index (χ1v) is 9.86. The fourth-order valence-electron chi connectivity index (χ4n) is 2.94. The van der Waals surface area contributed by atoms with Gasteiger partial charge in [-0.05, 0) is 49.6 Å². The van der Waals surface area contributed by atoms with Gasteiger partial charge in [0.1, 0.15) is 5.82 Å². The smallest absolute Gasteiger partial charge is 0.307 e. The molecule has 1 aromatic carbocycles. The summed E-state index contributed by atoms with van der Waals surface area (Å²) in [4.78, 5) is 22.7. The number of hydrogen-bond acceptors (Lipinski definition) is 5. The molecule has 2 N–H and O–H groups in total. The highest BCUT2D eigenvalue weighted by Gasteiger charge is 2.13. The number of hydrogen-bond donors (Lipinski definition) is 2. The Hall–Kier alpha value is -2.73. The van der Waals surface area contributed by atoms with E-state index in [1.807, 2.05) is 31.2 Å². The molecule has 0 atom stereocenters. The summed E-state index contributed by atoms with van der Waals surface area (Å²) in [5.41, 5.74) is 3.71. The van der Waals surface area contributed by atoms with Crippen LogP contribution in [0.2, 0.25) is 0 Å². The summed E-state index contributed by atoms with van der Waals surface area (Å²) in [6.07, 6.45) is 1.86. The minimum Gasteiger partial charge on any atom is -0.481 e. The van der Waals surface area contributed by atoms with E-state index in [0.717, 1.165) is 51.9 Å². The number of thiophene rings is 1. The highest BCUT2D eigenvalue weighted by Crippen LogP contribution is 2.30. The summed E-state index contributed by atoms with van der Waals surface area (Å²) in [6.45, 7) is 6.25. The second kappa shape index (κ2) is 8.31. The van der Waals surface area contributed by atoms with E-state index in [9.17, 15) is 4.79 Å². The van der Waals surface area contributed by atoms with Gasteiger partial charge in [0, 0.05) is 21.8 Å². The largest absolute Gasteiger partial charge is 0.481 e. The molecule has 0 unspecified atom stereocenters. The number of aryl methyl sites for hydroxylation is 2. The van der Waals surface area contributed by atoms with Crippen LogP contribution in [0.25, 0.3) is 10.7 Å². The highest BCUT2D eigenvalue weighted by atomic mass is 32.1. The normalized spacial score (nSPS) is 10.8. The number of nitrogens with one attached hydrogen (secondary N) is 1. The van der Waals surface area contributed by atoms with Gasteiger partial charge in [-0.3, -0.25) is 4.79 Å². The van der Waals surface area contributed by atoms with Crippen LogP contribution in [0, 0.1) is 6.92 Å². The van der Waals surface area contributed by atoms with Gasteiger partial charge in [-0.2, -0.15) is 0 Å². The average molecular weight is 382 g/mol. The Morgan fingerprint density at radius 2 is 1.81 bits per heavy atom. The lowest BCUT2D eigenvalue weighted by atomic mass is 10.1. The Morgan fingerprint density at radius 3 is 2.41 bits per heavy atom. The molecule has 0 aliphatic carbocycles. The van der Waals surface area contributed by atoms with E-state index in [-0.39, 0.29) is 6.42 Å². The minimum absolute atomic E-state index is 0.0232. The molecule has 0 fully saturated rings. The Kier molecular flexibility index (Phi) is 5.86. The number of carboxylic acid groups (broad SMARTS) is 1. The van der Waals surface area contributed by atoms with Gasteiger partial charge in [-0.1, -0.05) is 26.0 Å². The second-order valence-corrected chi connectivity index (χ2v) is 7.49. The van der Waals surface area contributed by atoms with Crippen LogP contribution in [0.3, 0.4) is 0 Å². The van der Waals surface area contributed by atoms with Crippen molar-refractivity contribution in [1.82, 2.24) is 9.97 Å². The number of nitrogens with zero attached hydrogens (tertiary/aromatic N) is 2. The van der Waals surface area contributed by atoms with Crippen LogP contribution < -0.4 is 5.32 Å². The number of carboxylic acids is 1. The maximum atomic E-state index is 10.8. The molecule has 3 aromatic rings. The molecule has 0 amide bonds. The first kappa shape index (κ1) is 19.0. The standard InChI is InChI=1S/C21H23N3O2S/c1-4-16-10-11-18(27-16)21-22-13(3)17(5-2)20(24-21)23-15-8-6-14(7-9-15)12-19(25)26/h6-11H,4-5,12H2,1-3H3,(H,25,26)(H,22,23,24). The van der Waals surface area contributed by atoms with Gasteiger partial charge in [-0.25, -0.2) is 9.97 Å². The van der Waals surface area contributed by atoms with Crippen molar-refractivity contribution in [3.8, 4) is 10.7 Å². The van der Waals surface area contributed by atoms with Gasteiger partial charge in [0.15, 0.2) is 5.82 Å². The van der Waals surface area contributed by atoms with Crippen LogP contribution in [-0.4, -0.2) is 21.0 Å². The zero-order valence-electron chi connectivity index (χ0n) is 15.7. The van der Waals surface area contributed by atoms with Crippen LogP contribution in [0.5, 0.6) is 0 Å². The molecular formula is C21H23N3O2S. The molecule has 0 saturated heterocycles. The van der Waals surface area contributed by atoms with Crippen LogP contribution >= 0.6 is 11.3 Å². The molecule has 3 rings (SSSR count). The third-order valence-electron chi connectivity index (χ3n) is 4.37. The van der Waals surface area contributed by atoms with Crippen molar-refractivity contribution in [1.29, 1.82) is 0 Å². The lowest BCUT2D eigenvalue weighted by Gasteiger charge is -2.14. The highest BCUT2D eigenvalue weighted by molar-refractivity contribution is 7.15. The van der Waals surface area contributed by atoms with Crippen LogP contribution in [0.4, 0.5) is 11.5 Å². The molecule has 2 heterocycles. The molecule has 140 valence electrons. The molecule has 0 radical (unpaired) electrons. The number of rotatable bonds is 7. The molecular weight excluding hydrogens is 358 g/mol. The topological polar surface area (TPSA) is 75.1 Å². The molecule has 2 aromatic heterocycles. The van der Waals surface area contributed by atoms with E-state index in [0.29, 0.717) is 0 Å². The van der Waals surface area contributed by atoms with Gasteiger partial charge in [0.05, 0.1) is 11.3 Å². The summed E-state index contributed by atoms with van der Waals surface area (Å²) in [5.74, 6) is 0.708. The zero-order valence-corrected chi connectivity index (χ0v) is 16.6. The SMILES string of the molecule is CCc1ccc(-c2nc(C)c(CC)c(Nc3ccc(CC(=O)O)cc3)n2)s1. The average Bonchev–Trinajstić information content (AvgIpc) is 3.12. The summed E-state index contributed by atoms with van der Waals surface area (Å²) >= 11 is 1.72. The van der Waals surface area contributed by atoms with Crippen LogP contribution in [0.15, 0.2) is 36.4 Å². The molecule has 0 bridgehead atoms. The van der Waals surface area contributed by atoms with Gasteiger partial charge in [0.25, 0.3) is 0 Å². The summed E-state index contributed by atoms with van der Waals surface area (Å²) in [5, 5.41) is 12.3. The van der Waals surface area contributed by atoms with E-state index in [1.54, 1.807) is 11.3 Å². The predicted molar refractivity (Wildman–Crippen MR) is 110 cm³/mol. The van der Waals surface area contributed by atoms with Gasteiger partial charge < -0.3 is 10.4 Å². The first-order chi connectivity index (χ1) is 13.0. The Bertz CT molecular complexity index is 949. The first-order valence-electron chi connectivity index (χ1n) is 9.04. The molecule has 0 aliphatic rings. The lowest BCUT2D eigenvalue weighted by molar-refractivity contribution is -0.136. The second-order valence-electron chi connectivity index (χ2n) is 6.33. The maximum absolute atomic E-state index is 10.8. The Labute approximate surface area is 163 Å². The molecule has 0 saturated carbocycles. The molecule has 6 heteroatoms. The van der Waals surface area contributed by atoms with Crippen molar-refractivity contribution in [2.24, 2.45) is 0 Å². The van der Waals surface area contributed by atoms with Crippen molar-refractivity contribution in [3.05, 3.63) is 58.1 Å². The van der Waals surface area contributed by atoms with Crippen molar-refractivity contribution in [2.45, 2.75) is 40.0 Å². The third-order valence-corrected chi connectivity index (χ3v) is 5.60. The maximum Gasteiger partial charge on any atom is 0.307 e. The van der Waals surface area contributed by atoms with E-state index >= 15 is 0 Å². The van der Waals surface area contributed by atoms with E-state index < -0.39 is 5.97 Å². The van der Waals surface area contributed by atoms with Crippen molar-refractivity contribution in [2.75, 3.05) is 5.32 Å². The fraction of sp³-hybridized carbons (Fsp3) is 0.286. The molecule has 27 heavy (non-hydrogen) atoms. The zero-order chi connectivity index (χ0) is 19.4. The third kappa shape index (κ3) is 4.52. The quantitative estimate of drug-likeness (QED) is 0.602. The van der Waals surface area contributed by atoms with Crippen molar-refractivity contribution in [3.63, 3.8) is 0 Å².